The van der Waals surface area contributed by atoms with Crippen LogP contribution in [0.3, 0.4) is 0 Å². The lowest BCUT2D eigenvalue weighted by Crippen LogP contribution is -2.10. The predicted octanol–water partition coefficient (Wildman–Crippen LogP) is 5.88. The summed E-state index contributed by atoms with van der Waals surface area (Å²) in [7, 11) is 0. The van der Waals surface area contributed by atoms with E-state index in [4.69, 9.17) is 0 Å². The van der Waals surface area contributed by atoms with Gasteiger partial charge >= 0.3 is 5.97 Å². The second-order valence-corrected chi connectivity index (χ2v) is 8.73. The molecule has 1 saturated carbocycles. The van der Waals surface area contributed by atoms with Crippen LogP contribution in [-0.4, -0.2) is 25.8 Å². The molecule has 4 aromatic rings. The number of carboxylic acids is 1. The van der Waals surface area contributed by atoms with Gasteiger partial charge in [-0.15, -0.1) is 0 Å². The van der Waals surface area contributed by atoms with Crippen molar-refractivity contribution in [3.05, 3.63) is 59.4 Å². The van der Waals surface area contributed by atoms with E-state index in [2.05, 4.69) is 10.2 Å². The van der Waals surface area contributed by atoms with Gasteiger partial charge in [-0.3, -0.25) is 9.89 Å². The minimum atomic E-state index is -0.799. The van der Waals surface area contributed by atoms with Crippen molar-refractivity contribution in [1.29, 1.82) is 0 Å². The van der Waals surface area contributed by atoms with Crippen molar-refractivity contribution >= 4 is 27.8 Å². The highest BCUT2D eigenvalue weighted by molar-refractivity contribution is 6.00. The molecule has 2 atom stereocenters. The molecule has 160 valence electrons. The van der Waals surface area contributed by atoms with E-state index < -0.39 is 11.9 Å². The molecule has 0 bridgehead atoms. The first-order chi connectivity index (χ1) is 14.9. The molecule has 1 aliphatic rings. The summed E-state index contributed by atoms with van der Waals surface area (Å²) in [5.74, 6) is -1.94. The van der Waals surface area contributed by atoms with Gasteiger partial charge in [-0.2, -0.15) is 5.10 Å². The lowest BCUT2D eigenvalue weighted by molar-refractivity contribution is -0.141. The summed E-state index contributed by atoms with van der Waals surface area (Å²) in [6.45, 7) is 4.10. The van der Waals surface area contributed by atoms with E-state index in [1.165, 1.54) is 12.1 Å². The van der Waals surface area contributed by atoms with Crippen LogP contribution in [0.15, 0.2) is 36.5 Å². The number of hydrogen-bond acceptors (Lipinski definition) is 2. The van der Waals surface area contributed by atoms with Crippen LogP contribution < -0.4 is 0 Å². The second kappa shape index (κ2) is 7.18. The number of aliphatic carboxylic acids is 1. The van der Waals surface area contributed by atoms with Crippen molar-refractivity contribution in [3.63, 3.8) is 0 Å². The lowest BCUT2D eigenvalue weighted by atomic mass is 9.89. The number of H-pyrrole nitrogens is 1. The zero-order chi connectivity index (χ0) is 21.9. The van der Waals surface area contributed by atoms with Crippen LogP contribution >= 0.6 is 0 Å². The van der Waals surface area contributed by atoms with E-state index in [1.54, 1.807) is 18.3 Å². The summed E-state index contributed by atoms with van der Waals surface area (Å²) < 4.78 is 31.5. The summed E-state index contributed by atoms with van der Waals surface area (Å²) in [6, 6.07) is 8.08. The fourth-order valence-corrected chi connectivity index (χ4v) is 5.17. The molecule has 1 fully saturated rings. The van der Waals surface area contributed by atoms with Crippen LogP contribution in [0.2, 0.25) is 0 Å². The molecular formula is C24H23F2N3O2. The number of fused-ring (bicyclic) bond motifs is 2. The van der Waals surface area contributed by atoms with Crippen molar-refractivity contribution in [1.82, 2.24) is 14.8 Å². The topological polar surface area (TPSA) is 70.9 Å². The quantitative estimate of drug-likeness (QED) is 0.431. The maximum atomic E-state index is 15.8. The van der Waals surface area contributed by atoms with Crippen LogP contribution in [-0.2, 0) is 4.79 Å². The summed E-state index contributed by atoms with van der Waals surface area (Å²) in [5.41, 5.74) is 3.59. The first-order valence-electron chi connectivity index (χ1n) is 10.5. The number of nitrogens with one attached hydrogen (secondary N) is 1. The molecule has 1 aliphatic carbocycles. The normalized spacial score (nSPS) is 19.1. The third kappa shape index (κ3) is 3.02. The zero-order valence-electron chi connectivity index (χ0n) is 17.3. The molecule has 0 spiro atoms. The molecular weight excluding hydrogens is 400 g/mol. The minimum absolute atomic E-state index is 0.0483. The summed E-state index contributed by atoms with van der Waals surface area (Å²) in [4.78, 5) is 11.6. The van der Waals surface area contributed by atoms with E-state index in [0.29, 0.717) is 41.1 Å². The maximum absolute atomic E-state index is 15.8. The van der Waals surface area contributed by atoms with Crippen LogP contribution in [0.25, 0.3) is 27.5 Å². The largest absolute Gasteiger partial charge is 0.481 e. The van der Waals surface area contributed by atoms with Crippen molar-refractivity contribution < 1.29 is 18.7 Å². The number of benzene rings is 2. The zero-order valence-corrected chi connectivity index (χ0v) is 17.3. The van der Waals surface area contributed by atoms with Gasteiger partial charge in [-0.25, -0.2) is 8.78 Å². The van der Waals surface area contributed by atoms with Gasteiger partial charge in [-0.05, 0) is 67.0 Å². The highest BCUT2D eigenvalue weighted by atomic mass is 19.1. The van der Waals surface area contributed by atoms with Crippen molar-refractivity contribution in [2.45, 2.75) is 44.9 Å². The Morgan fingerprint density at radius 1 is 1.23 bits per heavy atom. The molecule has 0 radical (unpaired) electrons. The molecule has 2 heterocycles. The molecule has 0 aliphatic heterocycles. The number of halogens is 2. The average molecular weight is 423 g/mol. The Hall–Kier alpha value is -3.22. The highest BCUT2D eigenvalue weighted by Crippen LogP contribution is 2.47. The Bertz CT molecular complexity index is 1300. The van der Waals surface area contributed by atoms with Crippen LogP contribution in [0.5, 0.6) is 0 Å². The predicted molar refractivity (Wildman–Crippen MR) is 115 cm³/mol. The Labute approximate surface area is 177 Å². The monoisotopic (exact) mass is 423 g/mol. The molecule has 31 heavy (non-hydrogen) atoms. The summed E-state index contributed by atoms with van der Waals surface area (Å²) >= 11 is 0. The Morgan fingerprint density at radius 3 is 2.61 bits per heavy atom. The summed E-state index contributed by atoms with van der Waals surface area (Å²) in [5, 5.41) is 17.4. The number of nitrogens with zero attached hydrogens (tertiary/aromatic N) is 2. The van der Waals surface area contributed by atoms with Crippen molar-refractivity contribution in [3.8, 4) is 5.69 Å². The van der Waals surface area contributed by atoms with Crippen molar-refractivity contribution in [2.75, 3.05) is 0 Å². The fraction of sp³-hybridized carbons (Fsp3) is 0.333. The summed E-state index contributed by atoms with van der Waals surface area (Å²) in [6.07, 6.45) is 3.34. The fourth-order valence-electron chi connectivity index (χ4n) is 5.17. The van der Waals surface area contributed by atoms with Gasteiger partial charge in [0.2, 0.25) is 0 Å². The third-order valence-electron chi connectivity index (χ3n) is 6.50. The van der Waals surface area contributed by atoms with Gasteiger partial charge < -0.3 is 9.67 Å². The molecule has 5 nitrogen and oxygen atoms in total. The standard InChI is InChI=1S/C24H23F2N3O2/c1-12(2)23-19(13-3-4-14(9-13)24(30)31)20-18(10-15-11-27-28-22(15)21(20)26)29(23)17-7-5-16(25)6-8-17/h5-8,10-14H,3-4,9H2,1-2H3,(H,27,28)(H,30,31). The van der Waals surface area contributed by atoms with Gasteiger partial charge in [0.05, 0.1) is 17.6 Å². The van der Waals surface area contributed by atoms with Crippen LogP contribution in [0, 0.1) is 17.6 Å². The van der Waals surface area contributed by atoms with E-state index in [0.717, 1.165) is 16.9 Å². The van der Waals surface area contributed by atoms with Crippen LogP contribution in [0.4, 0.5) is 8.78 Å². The average Bonchev–Trinajstić information content (AvgIpc) is 3.45. The molecule has 7 heteroatoms. The highest BCUT2D eigenvalue weighted by Gasteiger charge is 2.36. The number of rotatable bonds is 4. The number of aromatic nitrogens is 3. The minimum Gasteiger partial charge on any atom is -0.481 e. The Kier molecular flexibility index (Phi) is 4.57. The first-order valence-corrected chi connectivity index (χ1v) is 10.5. The number of carbonyl (C=O) groups is 1. The molecule has 2 aromatic heterocycles. The van der Waals surface area contributed by atoms with Gasteiger partial charge in [0.15, 0.2) is 5.82 Å². The van der Waals surface area contributed by atoms with Gasteiger partial charge in [-0.1, -0.05) is 13.8 Å². The maximum Gasteiger partial charge on any atom is 0.306 e. The molecule has 0 saturated heterocycles. The van der Waals surface area contributed by atoms with E-state index in [9.17, 15) is 14.3 Å². The van der Waals surface area contributed by atoms with Gasteiger partial charge in [0.25, 0.3) is 0 Å². The SMILES string of the molecule is CC(C)c1c(C2CCC(C(=O)O)C2)c2c(F)c3[nH]ncc3cc2n1-c1ccc(F)cc1. The number of carboxylic acid groups (broad SMARTS) is 1. The van der Waals surface area contributed by atoms with E-state index in [-0.39, 0.29) is 23.5 Å². The Morgan fingerprint density at radius 2 is 1.97 bits per heavy atom. The van der Waals surface area contributed by atoms with E-state index >= 15 is 4.39 Å². The van der Waals surface area contributed by atoms with Gasteiger partial charge in [0, 0.05) is 22.2 Å². The molecule has 2 unspecified atom stereocenters. The molecule has 2 aromatic carbocycles. The van der Waals surface area contributed by atoms with Crippen molar-refractivity contribution in [2.24, 2.45) is 5.92 Å². The van der Waals surface area contributed by atoms with Gasteiger partial charge in [0.1, 0.15) is 11.3 Å². The number of aromatic amines is 1. The third-order valence-corrected chi connectivity index (χ3v) is 6.50. The van der Waals surface area contributed by atoms with E-state index in [1.807, 2.05) is 24.5 Å². The number of hydrogen-bond donors (Lipinski definition) is 2. The molecule has 0 amide bonds. The Balaban J connectivity index is 1.87. The smallest absolute Gasteiger partial charge is 0.306 e. The first kappa shape index (κ1) is 19.7. The molecule has 2 N–H and O–H groups in total. The molecule has 5 rings (SSSR count). The van der Waals surface area contributed by atoms with Crippen LogP contribution in [0.1, 0.15) is 56.2 Å². The second-order valence-electron chi connectivity index (χ2n) is 8.73. The lowest BCUT2D eigenvalue weighted by Gasteiger charge is -2.18.